The van der Waals surface area contributed by atoms with Crippen LogP contribution in [0.15, 0.2) is 16.9 Å². The molecule has 19 heavy (non-hydrogen) atoms. The van der Waals surface area contributed by atoms with Crippen LogP contribution in [0.5, 0.6) is 0 Å². The van der Waals surface area contributed by atoms with Crippen molar-refractivity contribution in [2.45, 2.75) is 19.1 Å². The van der Waals surface area contributed by atoms with E-state index in [4.69, 9.17) is 4.74 Å². The summed E-state index contributed by atoms with van der Waals surface area (Å²) in [7, 11) is 1.53. The maximum atomic E-state index is 12.1. The molecule has 0 saturated carbocycles. The standard InChI is InChI=1S/C12H17N3O4/c1-12(18)7-14(8-12)11(17)9-3-4-10(16)15(13-9)5-6-19-2/h3-4,18H,5-8H2,1-2H3. The van der Waals surface area contributed by atoms with E-state index in [0.717, 1.165) is 0 Å². The molecule has 1 amide bonds. The minimum absolute atomic E-state index is 0.200. The van der Waals surface area contributed by atoms with Gasteiger partial charge in [-0.3, -0.25) is 9.59 Å². The molecule has 0 radical (unpaired) electrons. The molecule has 1 aliphatic heterocycles. The molecule has 1 aliphatic rings. The molecule has 1 aromatic heterocycles. The summed E-state index contributed by atoms with van der Waals surface area (Å²) in [4.78, 5) is 25.1. The molecule has 0 aliphatic carbocycles. The van der Waals surface area contributed by atoms with E-state index < -0.39 is 5.60 Å². The molecule has 0 aromatic carbocycles. The Morgan fingerprint density at radius 2 is 2.21 bits per heavy atom. The third-order valence-corrected chi connectivity index (χ3v) is 2.94. The van der Waals surface area contributed by atoms with Crippen molar-refractivity contribution in [3.63, 3.8) is 0 Å². The highest BCUT2D eigenvalue weighted by atomic mass is 16.5. The van der Waals surface area contributed by atoms with Gasteiger partial charge < -0.3 is 14.7 Å². The van der Waals surface area contributed by atoms with E-state index in [2.05, 4.69) is 5.10 Å². The maximum absolute atomic E-state index is 12.1. The van der Waals surface area contributed by atoms with Crippen molar-refractivity contribution < 1.29 is 14.6 Å². The number of carbonyl (C=O) groups is 1. The lowest BCUT2D eigenvalue weighted by molar-refractivity contribution is -0.0671. The average molecular weight is 267 g/mol. The lowest BCUT2D eigenvalue weighted by Crippen LogP contribution is -2.61. The van der Waals surface area contributed by atoms with E-state index in [9.17, 15) is 14.7 Å². The first-order valence-corrected chi connectivity index (χ1v) is 6.02. The second-order valence-corrected chi connectivity index (χ2v) is 4.93. The van der Waals surface area contributed by atoms with E-state index in [1.165, 1.54) is 28.8 Å². The summed E-state index contributed by atoms with van der Waals surface area (Å²) >= 11 is 0. The van der Waals surface area contributed by atoms with Crippen molar-refractivity contribution in [3.8, 4) is 0 Å². The fourth-order valence-electron chi connectivity index (χ4n) is 1.98. The van der Waals surface area contributed by atoms with Gasteiger partial charge in [-0.15, -0.1) is 0 Å². The van der Waals surface area contributed by atoms with Crippen LogP contribution in [0.3, 0.4) is 0 Å². The molecule has 0 spiro atoms. The highest BCUT2D eigenvalue weighted by Crippen LogP contribution is 2.21. The fourth-order valence-corrected chi connectivity index (χ4v) is 1.98. The highest BCUT2D eigenvalue weighted by molar-refractivity contribution is 5.92. The number of β-amino-alcohol motifs (C(OH)–C–C–N with tert-alkyl or cyclic N) is 1. The maximum Gasteiger partial charge on any atom is 0.274 e. The van der Waals surface area contributed by atoms with Gasteiger partial charge in [0.2, 0.25) is 0 Å². The normalized spacial score (nSPS) is 17.1. The predicted molar refractivity (Wildman–Crippen MR) is 66.9 cm³/mol. The number of methoxy groups -OCH3 is 1. The third-order valence-electron chi connectivity index (χ3n) is 2.94. The highest BCUT2D eigenvalue weighted by Gasteiger charge is 2.40. The lowest BCUT2D eigenvalue weighted by atomic mass is 9.96. The first-order valence-electron chi connectivity index (χ1n) is 6.02. The van der Waals surface area contributed by atoms with Gasteiger partial charge in [-0.25, -0.2) is 4.68 Å². The number of ether oxygens (including phenoxy) is 1. The number of hydrogen-bond donors (Lipinski definition) is 1. The SMILES string of the molecule is COCCn1nc(C(=O)N2CC(C)(O)C2)ccc1=O. The third kappa shape index (κ3) is 2.99. The Kier molecular flexibility index (Phi) is 3.68. The monoisotopic (exact) mass is 267 g/mol. The van der Waals surface area contributed by atoms with Gasteiger partial charge >= 0.3 is 0 Å². The second-order valence-electron chi connectivity index (χ2n) is 4.93. The summed E-state index contributed by atoms with van der Waals surface area (Å²) in [6.45, 7) is 2.89. The Bertz CT molecular complexity index is 530. The van der Waals surface area contributed by atoms with E-state index >= 15 is 0 Å². The van der Waals surface area contributed by atoms with Crippen LogP contribution in [0.25, 0.3) is 0 Å². The van der Waals surface area contributed by atoms with Crippen LogP contribution in [0, 0.1) is 0 Å². The fraction of sp³-hybridized carbons (Fsp3) is 0.583. The van der Waals surface area contributed by atoms with E-state index in [0.29, 0.717) is 13.2 Å². The largest absolute Gasteiger partial charge is 0.386 e. The van der Waals surface area contributed by atoms with Crippen molar-refractivity contribution >= 4 is 5.91 Å². The summed E-state index contributed by atoms with van der Waals surface area (Å²) in [6, 6.07) is 2.72. The molecule has 1 fully saturated rings. The number of hydrogen-bond acceptors (Lipinski definition) is 5. The Labute approximate surface area is 110 Å². The number of aliphatic hydroxyl groups is 1. The molecular weight excluding hydrogens is 250 g/mol. The molecule has 1 N–H and O–H groups in total. The van der Waals surface area contributed by atoms with E-state index in [1.54, 1.807) is 6.92 Å². The number of likely N-dealkylation sites (tertiary alicyclic amines) is 1. The van der Waals surface area contributed by atoms with Crippen molar-refractivity contribution in [2.24, 2.45) is 0 Å². The molecule has 7 nitrogen and oxygen atoms in total. The quantitative estimate of drug-likeness (QED) is 0.764. The number of amides is 1. The van der Waals surface area contributed by atoms with Gasteiger partial charge in [0.1, 0.15) is 5.69 Å². The molecule has 104 valence electrons. The van der Waals surface area contributed by atoms with Gasteiger partial charge in [-0.2, -0.15) is 5.10 Å². The van der Waals surface area contributed by atoms with Gasteiger partial charge in [-0.05, 0) is 13.0 Å². The van der Waals surface area contributed by atoms with Gasteiger partial charge in [0.15, 0.2) is 0 Å². The van der Waals surface area contributed by atoms with Crippen LogP contribution in [-0.4, -0.2) is 58.1 Å². The zero-order chi connectivity index (χ0) is 14.0. The lowest BCUT2D eigenvalue weighted by Gasteiger charge is -2.43. The molecule has 7 heteroatoms. The predicted octanol–water partition coefficient (Wildman–Crippen LogP) is -0.903. The first-order chi connectivity index (χ1) is 8.93. The number of carbonyl (C=O) groups excluding carboxylic acids is 1. The first kappa shape index (κ1) is 13.7. The van der Waals surface area contributed by atoms with Crippen LogP contribution in [0.2, 0.25) is 0 Å². The Morgan fingerprint density at radius 1 is 1.53 bits per heavy atom. The van der Waals surface area contributed by atoms with Crippen molar-refractivity contribution in [3.05, 3.63) is 28.2 Å². The Morgan fingerprint density at radius 3 is 2.79 bits per heavy atom. The van der Waals surface area contributed by atoms with E-state index in [1.807, 2.05) is 0 Å². The number of nitrogens with zero attached hydrogens (tertiary/aromatic N) is 3. The molecular formula is C12H17N3O4. The Balaban J connectivity index is 2.12. The summed E-state index contributed by atoms with van der Waals surface area (Å²) in [5.41, 5.74) is -0.893. The van der Waals surface area contributed by atoms with Crippen molar-refractivity contribution in [2.75, 3.05) is 26.8 Å². The zero-order valence-electron chi connectivity index (χ0n) is 11.0. The van der Waals surface area contributed by atoms with E-state index in [-0.39, 0.29) is 30.2 Å². The van der Waals surface area contributed by atoms with Gasteiger partial charge in [0.25, 0.3) is 11.5 Å². The summed E-state index contributed by atoms with van der Waals surface area (Å²) in [5.74, 6) is -0.280. The minimum Gasteiger partial charge on any atom is -0.386 e. The molecule has 2 heterocycles. The molecule has 2 rings (SSSR count). The van der Waals surface area contributed by atoms with Crippen molar-refractivity contribution in [1.82, 2.24) is 14.7 Å². The number of rotatable bonds is 4. The summed E-state index contributed by atoms with van der Waals surface area (Å²) in [6.07, 6.45) is 0. The molecule has 0 bridgehead atoms. The minimum atomic E-state index is -0.819. The van der Waals surface area contributed by atoms with Crippen LogP contribution < -0.4 is 5.56 Å². The number of aromatic nitrogens is 2. The molecule has 0 atom stereocenters. The molecule has 0 unspecified atom stereocenters. The van der Waals surface area contributed by atoms with Crippen LogP contribution in [-0.2, 0) is 11.3 Å². The van der Waals surface area contributed by atoms with Gasteiger partial charge in [0, 0.05) is 13.2 Å². The van der Waals surface area contributed by atoms with Crippen LogP contribution in [0.4, 0.5) is 0 Å². The van der Waals surface area contributed by atoms with Gasteiger partial charge in [0.05, 0.1) is 31.8 Å². The topological polar surface area (TPSA) is 84.7 Å². The van der Waals surface area contributed by atoms with Crippen LogP contribution in [0.1, 0.15) is 17.4 Å². The van der Waals surface area contributed by atoms with Crippen LogP contribution >= 0.6 is 0 Å². The van der Waals surface area contributed by atoms with Crippen molar-refractivity contribution in [1.29, 1.82) is 0 Å². The Hall–Kier alpha value is -1.73. The second kappa shape index (κ2) is 5.10. The van der Waals surface area contributed by atoms with Gasteiger partial charge in [-0.1, -0.05) is 0 Å². The average Bonchev–Trinajstić information content (AvgIpc) is 2.34. The summed E-state index contributed by atoms with van der Waals surface area (Å²) in [5, 5.41) is 13.6. The molecule has 1 aromatic rings. The summed E-state index contributed by atoms with van der Waals surface area (Å²) < 4.78 is 6.08. The molecule has 1 saturated heterocycles. The zero-order valence-corrected chi connectivity index (χ0v) is 11.0. The smallest absolute Gasteiger partial charge is 0.274 e.